The highest BCUT2D eigenvalue weighted by Crippen LogP contribution is 2.27. The second-order valence-corrected chi connectivity index (χ2v) is 5.65. The van der Waals surface area contributed by atoms with Gasteiger partial charge < -0.3 is 4.90 Å². The third-order valence-electron chi connectivity index (χ3n) is 2.83. The van der Waals surface area contributed by atoms with Crippen LogP contribution in [0.3, 0.4) is 0 Å². The lowest BCUT2D eigenvalue weighted by atomic mass is 10.1. The average molecular weight is 295 g/mol. The molecule has 1 aromatic heterocycles. The number of hydrogen-bond acceptors (Lipinski definition) is 4. The first-order valence-corrected chi connectivity index (χ1v) is 7.26. The summed E-state index contributed by atoms with van der Waals surface area (Å²) in [7, 11) is 1.97. The summed E-state index contributed by atoms with van der Waals surface area (Å²) in [5, 5.41) is 1.09. The molecule has 0 bridgehead atoms. The minimum absolute atomic E-state index is 0.296. The highest BCUT2D eigenvalue weighted by atomic mass is 35.5. The van der Waals surface area contributed by atoms with Crippen LogP contribution in [0.2, 0.25) is 5.15 Å². The molecule has 0 aliphatic carbocycles. The van der Waals surface area contributed by atoms with Crippen molar-refractivity contribution in [3.05, 3.63) is 45.9 Å². The lowest BCUT2D eigenvalue weighted by Gasteiger charge is -2.15. The van der Waals surface area contributed by atoms with Crippen molar-refractivity contribution in [2.75, 3.05) is 18.5 Å². The van der Waals surface area contributed by atoms with E-state index < -0.39 is 0 Å². The van der Waals surface area contributed by atoms with Crippen LogP contribution in [-0.2, 0) is 6.42 Å². The first kappa shape index (κ1) is 14.0. The molecule has 100 valence electrons. The molecule has 3 nitrogen and oxygen atoms in total. The second-order valence-electron chi connectivity index (χ2n) is 4.28. The van der Waals surface area contributed by atoms with Gasteiger partial charge in [0.2, 0.25) is 0 Å². The Morgan fingerprint density at radius 2 is 2.11 bits per heavy atom. The van der Waals surface area contributed by atoms with Crippen molar-refractivity contribution in [2.24, 2.45) is 0 Å². The van der Waals surface area contributed by atoms with Crippen LogP contribution < -0.4 is 4.90 Å². The fraction of sp³-hybridized carbons (Fsp3) is 0.286. The third-order valence-corrected chi connectivity index (χ3v) is 4.33. The minimum atomic E-state index is 0.296. The molecule has 0 radical (unpaired) electrons. The van der Waals surface area contributed by atoms with E-state index in [2.05, 4.69) is 29.2 Å². The first-order valence-electron chi connectivity index (χ1n) is 6.07. The van der Waals surface area contributed by atoms with Crippen LogP contribution in [-0.4, -0.2) is 24.9 Å². The zero-order valence-electron chi connectivity index (χ0n) is 10.7. The molecule has 0 fully saturated rings. The topological polar surface area (TPSA) is 33.2 Å². The number of hydrogen-bond donors (Lipinski definition) is 0. The van der Waals surface area contributed by atoms with E-state index in [4.69, 9.17) is 11.6 Å². The fourth-order valence-electron chi connectivity index (χ4n) is 1.80. The zero-order valence-corrected chi connectivity index (χ0v) is 12.2. The Balaban J connectivity index is 1.87. The Morgan fingerprint density at radius 3 is 2.74 bits per heavy atom. The van der Waals surface area contributed by atoms with Crippen LogP contribution in [0.25, 0.3) is 0 Å². The summed E-state index contributed by atoms with van der Waals surface area (Å²) < 4.78 is 0. The fourth-order valence-corrected chi connectivity index (χ4v) is 2.85. The Hall–Kier alpha value is -1.39. The largest absolute Gasteiger partial charge is 0.351 e. The van der Waals surface area contributed by atoms with Gasteiger partial charge in [-0.3, -0.25) is 4.79 Å². The van der Waals surface area contributed by atoms with Gasteiger partial charge in [-0.15, -0.1) is 0 Å². The van der Waals surface area contributed by atoms with Crippen LogP contribution in [0.1, 0.15) is 21.7 Å². The number of anilines is 1. The average Bonchev–Trinajstić information content (AvgIpc) is 2.81. The molecule has 0 aliphatic heterocycles. The Bertz CT molecular complexity index is 542. The highest BCUT2D eigenvalue weighted by molar-refractivity contribution is 7.17. The molecule has 19 heavy (non-hydrogen) atoms. The first-order chi connectivity index (χ1) is 9.20. The number of carbonyl (C=O) groups excluding carboxylic acids is 1. The van der Waals surface area contributed by atoms with Crippen LogP contribution in [0, 0.1) is 0 Å². The third kappa shape index (κ3) is 3.78. The molecule has 0 spiro atoms. The molecule has 2 aromatic rings. The maximum absolute atomic E-state index is 10.7. The number of rotatable bonds is 6. The Labute approximate surface area is 121 Å². The van der Waals surface area contributed by atoms with Gasteiger partial charge in [-0.1, -0.05) is 53.3 Å². The molecule has 2 rings (SSSR count). The number of aldehydes is 1. The Kier molecular flexibility index (Phi) is 4.93. The zero-order chi connectivity index (χ0) is 13.7. The lowest BCUT2D eigenvalue weighted by Crippen LogP contribution is -2.18. The van der Waals surface area contributed by atoms with Gasteiger partial charge in [0.25, 0.3) is 0 Å². The molecule has 5 heteroatoms. The monoisotopic (exact) mass is 294 g/mol. The quantitative estimate of drug-likeness (QED) is 0.762. The van der Waals surface area contributed by atoms with Crippen molar-refractivity contribution in [1.82, 2.24) is 4.98 Å². The van der Waals surface area contributed by atoms with E-state index in [0.29, 0.717) is 10.0 Å². The van der Waals surface area contributed by atoms with Gasteiger partial charge in [0.1, 0.15) is 4.88 Å². The van der Waals surface area contributed by atoms with Crippen molar-refractivity contribution in [2.45, 2.75) is 12.8 Å². The predicted octanol–water partition coefficient (Wildman–Crippen LogP) is 3.68. The van der Waals surface area contributed by atoms with Crippen molar-refractivity contribution in [1.29, 1.82) is 0 Å². The molecular formula is C14H15ClN2OS. The number of benzene rings is 1. The van der Waals surface area contributed by atoms with E-state index in [0.717, 1.165) is 30.8 Å². The summed E-state index contributed by atoms with van der Waals surface area (Å²) in [5.41, 5.74) is 1.33. The molecule has 0 saturated heterocycles. The summed E-state index contributed by atoms with van der Waals surface area (Å²) in [6, 6.07) is 10.4. The van der Waals surface area contributed by atoms with E-state index in [1.165, 1.54) is 16.9 Å². The molecule has 0 aliphatic rings. The summed E-state index contributed by atoms with van der Waals surface area (Å²) >= 11 is 7.19. The normalized spacial score (nSPS) is 10.4. The van der Waals surface area contributed by atoms with Crippen molar-refractivity contribution < 1.29 is 4.79 Å². The number of aromatic nitrogens is 1. The Morgan fingerprint density at radius 1 is 1.37 bits per heavy atom. The standard InChI is InChI=1S/C14H15ClN2OS/c1-17(14-16-13(15)12(10-18)19-14)9-5-8-11-6-3-2-4-7-11/h2-4,6-7,10H,5,8-9H2,1H3. The number of halogens is 1. The van der Waals surface area contributed by atoms with Crippen LogP contribution >= 0.6 is 22.9 Å². The SMILES string of the molecule is CN(CCCc1ccccc1)c1nc(Cl)c(C=O)s1. The molecule has 0 atom stereocenters. The van der Waals surface area contributed by atoms with E-state index in [1.807, 2.05) is 18.0 Å². The highest BCUT2D eigenvalue weighted by Gasteiger charge is 2.11. The summed E-state index contributed by atoms with van der Waals surface area (Å²) in [6.45, 7) is 0.886. The molecule has 1 aromatic carbocycles. The van der Waals surface area contributed by atoms with Crippen LogP contribution in [0.5, 0.6) is 0 Å². The molecule has 0 unspecified atom stereocenters. The molecule has 0 saturated carbocycles. The summed E-state index contributed by atoms with van der Waals surface area (Å²) in [6.07, 6.45) is 2.82. The van der Waals surface area contributed by atoms with Gasteiger partial charge in [-0.05, 0) is 18.4 Å². The summed E-state index contributed by atoms with van der Waals surface area (Å²) in [5.74, 6) is 0. The van der Waals surface area contributed by atoms with E-state index in [9.17, 15) is 4.79 Å². The van der Waals surface area contributed by atoms with Gasteiger partial charge >= 0.3 is 0 Å². The molecule has 0 N–H and O–H groups in total. The van der Waals surface area contributed by atoms with Crippen LogP contribution in [0.4, 0.5) is 5.13 Å². The van der Waals surface area contributed by atoms with Gasteiger partial charge in [0, 0.05) is 13.6 Å². The van der Waals surface area contributed by atoms with E-state index in [-0.39, 0.29) is 0 Å². The second kappa shape index (κ2) is 6.68. The smallest absolute Gasteiger partial charge is 0.187 e. The van der Waals surface area contributed by atoms with Crippen molar-refractivity contribution in [3.63, 3.8) is 0 Å². The number of aryl methyl sites for hydroxylation is 1. The molecular weight excluding hydrogens is 280 g/mol. The number of carbonyl (C=O) groups is 1. The van der Waals surface area contributed by atoms with Gasteiger partial charge in [-0.25, -0.2) is 4.98 Å². The van der Waals surface area contributed by atoms with Crippen LogP contribution in [0.15, 0.2) is 30.3 Å². The van der Waals surface area contributed by atoms with Gasteiger partial charge in [-0.2, -0.15) is 0 Å². The van der Waals surface area contributed by atoms with Crippen molar-refractivity contribution in [3.8, 4) is 0 Å². The molecule has 0 amide bonds. The maximum atomic E-state index is 10.7. The number of thiazole rings is 1. The lowest BCUT2D eigenvalue weighted by molar-refractivity contribution is 0.112. The van der Waals surface area contributed by atoms with Crippen molar-refractivity contribution >= 4 is 34.4 Å². The number of nitrogens with zero attached hydrogens (tertiary/aromatic N) is 2. The maximum Gasteiger partial charge on any atom is 0.187 e. The molecule has 1 heterocycles. The van der Waals surface area contributed by atoms with E-state index >= 15 is 0 Å². The predicted molar refractivity (Wildman–Crippen MR) is 80.5 cm³/mol. The van der Waals surface area contributed by atoms with E-state index in [1.54, 1.807) is 0 Å². The van der Waals surface area contributed by atoms with Gasteiger partial charge in [0.15, 0.2) is 16.6 Å². The minimum Gasteiger partial charge on any atom is -0.351 e. The van der Waals surface area contributed by atoms with Gasteiger partial charge in [0.05, 0.1) is 0 Å². The summed E-state index contributed by atoms with van der Waals surface area (Å²) in [4.78, 5) is 17.4.